The maximum absolute atomic E-state index is 12.9. The molecule has 1 aliphatic carbocycles. The van der Waals surface area contributed by atoms with E-state index in [2.05, 4.69) is 15.3 Å². The van der Waals surface area contributed by atoms with Gasteiger partial charge < -0.3 is 10.2 Å². The van der Waals surface area contributed by atoms with Gasteiger partial charge in [-0.3, -0.25) is 9.59 Å². The van der Waals surface area contributed by atoms with E-state index in [-0.39, 0.29) is 36.4 Å². The minimum absolute atomic E-state index is 0.0316. The van der Waals surface area contributed by atoms with Gasteiger partial charge in [0.15, 0.2) is 9.84 Å². The number of hydrogen-bond donors (Lipinski definition) is 1. The Labute approximate surface area is 173 Å². The molecule has 0 radical (unpaired) electrons. The Morgan fingerprint density at radius 1 is 1.17 bits per heavy atom. The molecule has 1 saturated carbocycles. The van der Waals surface area contributed by atoms with E-state index in [4.69, 9.17) is 0 Å². The summed E-state index contributed by atoms with van der Waals surface area (Å²) < 4.78 is 23.1. The highest BCUT2D eigenvalue weighted by atomic mass is 32.2. The summed E-state index contributed by atoms with van der Waals surface area (Å²) in [5.74, 6) is 0.643. The number of carbonyl (C=O) groups is 2. The minimum Gasteiger partial charge on any atom is -0.340 e. The summed E-state index contributed by atoms with van der Waals surface area (Å²) in [5, 5.41) is 3.67. The Hall–Kier alpha value is -2.07. The van der Waals surface area contributed by atoms with Crippen molar-refractivity contribution in [1.82, 2.24) is 20.2 Å². The summed E-state index contributed by atoms with van der Waals surface area (Å²) in [5.41, 5.74) is 1.70. The summed E-state index contributed by atoms with van der Waals surface area (Å²) in [6.07, 6.45) is 2.22. The summed E-state index contributed by atoms with van der Waals surface area (Å²) in [6, 6.07) is -0.734. The number of fused-ring (bicyclic) bond motifs is 1. The van der Waals surface area contributed by atoms with Crippen LogP contribution in [0.2, 0.25) is 0 Å². The second kappa shape index (κ2) is 7.32. The van der Waals surface area contributed by atoms with E-state index in [1.54, 1.807) is 6.92 Å². The molecule has 1 N–H and O–H groups in total. The number of aryl methyl sites for hydroxylation is 2. The van der Waals surface area contributed by atoms with Crippen LogP contribution in [0, 0.1) is 13.8 Å². The summed E-state index contributed by atoms with van der Waals surface area (Å²) >= 11 is 1.33. The molecule has 2 amide bonds. The Bertz CT molecular complexity index is 1090. The highest BCUT2D eigenvalue weighted by Gasteiger charge is 2.31. The molecule has 10 heteroatoms. The van der Waals surface area contributed by atoms with Crippen LogP contribution in [0.25, 0.3) is 10.2 Å². The lowest BCUT2D eigenvalue weighted by molar-refractivity contribution is -0.132. The number of nitrogens with one attached hydrogen (secondary N) is 1. The third-order valence-corrected chi connectivity index (χ3v) is 8.30. The lowest BCUT2D eigenvalue weighted by atomic mass is 10.1. The lowest BCUT2D eigenvalue weighted by Crippen LogP contribution is -2.51. The number of sulfone groups is 1. The normalized spacial score (nSPS) is 19.9. The predicted octanol–water partition coefficient (Wildman–Crippen LogP) is 1.56. The van der Waals surface area contributed by atoms with Gasteiger partial charge in [-0.25, -0.2) is 18.4 Å². The number of hydrogen-bond acceptors (Lipinski definition) is 7. The largest absolute Gasteiger partial charge is 0.340 e. The number of amides is 2. The quantitative estimate of drug-likeness (QED) is 0.779. The molecule has 1 atom stereocenters. The topological polar surface area (TPSA) is 109 Å². The molecule has 0 aromatic carbocycles. The van der Waals surface area contributed by atoms with Crippen molar-refractivity contribution < 1.29 is 18.0 Å². The van der Waals surface area contributed by atoms with Gasteiger partial charge in [0.1, 0.15) is 16.7 Å². The van der Waals surface area contributed by atoms with E-state index in [9.17, 15) is 18.0 Å². The van der Waals surface area contributed by atoms with Crippen LogP contribution in [0.4, 0.5) is 0 Å². The summed E-state index contributed by atoms with van der Waals surface area (Å²) in [4.78, 5) is 37.6. The van der Waals surface area contributed by atoms with Crippen LogP contribution in [-0.4, -0.2) is 65.7 Å². The Kier molecular flexibility index (Phi) is 5.10. The Morgan fingerprint density at radius 2 is 1.83 bits per heavy atom. The van der Waals surface area contributed by atoms with E-state index < -0.39 is 15.9 Å². The standard InChI is InChI=1S/C19H24N4O4S2/c1-10-14-11(2)20-16(13-4-5-13)22-18(14)28-15(10)17(24)21-12(3)19(25)23-6-8-29(26,27)9-7-23/h12-13H,4-9H2,1-3H3,(H,21,24). The maximum Gasteiger partial charge on any atom is 0.262 e. The van der Waals surface area contributed by atoms with Gasteiger partial charge in [0.2, 0.25) is 5.91 Å². The van der Waals surface area contributed by atoms with Crippen LogP contribution in [0.5, 0.6) is 0 Å². The van der Waals surface area contributed by atoms with Crippen molar-refractivity contribution in [2.24, 2.45) is 0 Å². The molecule has 156 valence electrons. The highest BCUT2D eigenvalue weighted by molar-refractivity contribution is 7.91. The second-order valence-corrected chi connectivity index (χ2v) is 11.2. The Morgan fingerprint density at radius 3 is 2.45 bits per heavy atom. The van der Waals surface area contributed by atoms with Gasteiger partial charge in [0.05, 0.1) is 22.1 Å². The summed E-state index contributed by atoms with van der Waals surface area (Å²) in [6.45, 7) is 5.78. The third kappa shape index (κ3) is 4.00. The first-order chi connectivity index (χ1) is 13.7. The van der Waals surface area contributed by atoms with Crippen LogP contribution in [0.15, 0.2) is 0 Å². The third-order valence-electron chi connectivity index (χ3n) is 5.51. The zero-order chi connectivity index (χ0) is 20.9. The van der Waals surface area contributed by atoms with Crippen molar-refractivity contribution in [3.05, 3.63) is 22.0 Å². The average Bonchev–Trinajstić information content (AvgIpc) is 3.45. The van der Waals surface area contributed by atoms with Crippen molar-refractivity contribution in [3.8, 4) is 0 Å². The molecule has 2 aliphatic rings. The van der Waals surface area contributed by atoms with Crippen LogP contribution in [-0.2, 0) is 14.6 Å². The SMILES string of the molecule is Cc1nc(C2CC2)nc2sc(C(=O)NC(C)C(=O)N3CCS(=O)(=O)CC3)c(C)c12. The molecule has 2 aromatic rings. The van der Waals surface area contributed by atoms with E-state index in [0.29, 0.717) is 10.8 Å². The van der Waals surface area contributed by atoms with Crippen molar-refractivity contribution in [1.29, 1.82) is 0 Å². The van der Waals surface area contributed by atoms with Crippen LogP contribution in [0.1, 0.15) is 52.4 Å². The number of aromatic nitrogens is 2. The average molecular weight is 437 g/mol. The minimum atomic E-state index is -3.06. The fourth-order valence-corrected chi connectivity index (χ4v) is 5.97. The Balaban J connectivity index is 1.50. The molecule has 2 aromatic heterocycles. The van der Waals surface area contributed by atoms with Crippen LogP contribution >= 0.6 is 11.3 Å². The first-order valence-corrected chi connectivity index (χ1v) is 12.4. The van der Waals surface area contributed by atoms with E-state index >= 15 is 0 Å². The molecule has 0 spiro atoms. The van der Waals surface area contributed by atoms with Gasteiger partial charge in [0.25, 0.3) is 5.91 Å². The maximum atomic E-state index is 12.9. The summed E-state index contributed by atoms with van der Waals surface area (Å²) in [7, 11) is -3.06. The van der Waals surface area contributed by atoms with Crippen LogP contribution < -0.4 is 5.32 Å². The molecular formula is C19H24N4O4S2. The molecule has 1 saturated heterocycles. The fraction of sp³-hybridized carbons (Fsp3) is 0.579. The first kappa shape index (κ1) is 20.2. The van der Waals surface area contributed by atoms with Gasteiger partial charge in [-0.15, -0.1) is 11.3 Å². The second-order valence-electron chi connectivity index (χ2n) is 7.85. The molecule has 2 fully saturated rings. The van der Waals surface area contributed by atoms with Crippen molar-refractivity contribution in [2.45, 2.75) is 45.6 Å². The zero-order valence-corrected chi connectivity index (χ0v) is 18.3. The fourth-order valence-electron chi connectivity index (χ4n) is 3.63. The monoisotopic (exact) mass is 436 g/mol. The molecular weight excluding hydrogens is 412 g/mol. The number of rotatable bonds is 4. The highest BCUT2D eigenvalue weighted by Crippen LogP contribution is 2.40. The molecule has 4 rings (SSSR count). The van der Waals surface area contributed by atoms with Gasteiger partial charge in [0, 0.05) is 24.4 Å². The van der Waals surface area contributed by atoms with Gasteiger partial charge in [-0.2, -0.15) is 0 Å². The van der Waals surface area contributed by atoms with Gasteiger partial charge in [-0.1, -0.05) is 0 Å². The molecule has 0 bridgehead atoms. The lowest BCUT2D eigenvalue weighted by Gasteiger charge is -2.29. The molecule has 8 nitrogen and oxygen atoms in total. The molecule has 29 heavy (non-hydrogen) atoms. The van der Waals surface area contributed by atoms with Crippen molar-refractivity contribution in [2.75, 3.05) is 24.6 Å². The number of nitrogens with zero attached hydrogens (tertiary/aromatic N) is 3. The predicted molar refractivity (Wildman–Crippen MR) is 111 cm³/mol. The molecule has 3 heterocycles. The first-order valence-electron chi connectivity index (χ1n) is 9.74. The van der Waals surface area contributed by atoms with Crippen LogP contribution in [0.3, 0.4) is 0 Å². The van der Waals surface area contributed by atoms with Gasteiger partial charge in [-0.05, 0) is 39.2 Å². The van der Waals surface area contributed by atoms with E-state index in [1.807, 2.05) is 13.8 Å². The van der Waals surface area contributed by atoms with Crippen molar-refractivity contribution >= 4 is 43.2 Å². The van der Waals surface area contributed by atoms with E-state index in [0.717, 1.165) is 40.1 Å². The smallest absolute Gasteiger partial charge is 0.262 e. The zero-order valence-electron chi connectivity index (χ0n) is 16.7. The van der Waals surface area contributed by atoms with E-state index in [1.165, 1.54) is 16.2 Å². The molecule has 1 aliphatic heterocycles. The number of carbonyl (C=O) groups excluding carboxylic acids is 2. The number of thiophene rings is 1. The molecule has 1 unspecified atom stereocenters. The van der Waals surface area contributed by atoms with Crippen molar-refractivity contribution in [3.63, 3.8) is 0 Å². The van der Waals surface area contributed by atoms with Gasteiger partial charge >= 0.3 is 0 Å².